The largest absolute Gasteiger partial charge is 0.493 e. The fourth-order valence-corrected chi connectivity index (χ4v) is 4.55. The number of pyridine rings is 1. The zero-order chi connectivity index (χ0) is 31.6. The number of hydrogen-bond acceptors (Lipinski definition) is 7. The summed E-state index contributed by atoms with van der Waals surface area (Å²) in [5, 5.41) is 17.5. The lowest BCUT2D eigenvalue weighted by Gasteiger charge is -2.20. The summed E-state index contributed by atoms with van der Waals surface area (Å²) in [7, 11) is 3.05. The van der Waals surface area contributed by atoms with E-state index in [1.54, 1.807) is 38.3 Å². The van der Waals surface area contributed by atoms with Crippen molar-refractivity contribution >= 4 is 34.5 Å². The standard InChI is InChI=1S/C32H34N4O8/c1-19-9-10-21(29(37)34-24(11-12-33-32(40)41)20-7-5-4-6-8-20)16-25(19)35-30(38)23-15-22-17-28(44-14-13-42-2)27(43-3)18-26(22)36-31(23)39/h4-10,15-18,24,33H,11-14H2,1-3H3,(H,34,37)(H,35,38)(H,36,39)(H,40,41). The number of amides is 3. The number of carbonyl (C=O) groups is 3. The molecule has 0 saturated heterocycles. The van der Waals surface area contributed by atoms with Crippen molar-refractivity contribution in [2.24, 2.45) is 0 Å². The van der Waals surface area contributed by atoms with Crippen molar-refractivity contribution in [1.82, 2.24) is 15.6 Å². The molecule has 12 heteroatoms. The minimum absolute atomic E-state index is 0.130. The van der Waals surface area contributed by atoms with Gasteiger partial charge in [0.15, 0.2) is 11.5 Å². The molecule has 0 bridgehead atoms. The third-order valence-corrected chi connectivity index (χ3v) is 6.88. The highest BCUT2D eigenvalue weighted by atomic mass is 16.5. The number of anilines is 1. The molecule has 4 rings (SSSR count). The minimum Gasteiger partial charge on any atom is -0.493 e. The number of hydrogen-bond donors (Lipinski definition) is 5. The zero-order valence-electron chi connectivity index (χ0n) is 24.6. The first-order valence-electron chi connectivity index (χ1n) is 13.8. The van der Waals surface area contributed by atoms with Crippen molar-refractivity contribution in [3.05, 3.63) is 99.3 Å². The van der Waals surface area contributed by atoms with Gasteiger partial charge in [-0.3, -0.25) is 14.4 Å². The normalized spacial score (nSPS) is 11.4. The Morgan fingerprint density at radius 3 is 2.41 bits per heavy atom. The van der Waals surface area contributed by atoms with Gasteiger partial charge < -0.3 is 40.3 Å². The summed E-state index contributed by atoms with van der Waals surface area (Å²) < 4.78 is 16.1. The van der Waals surface area contributed by atoms with Crippen LogP contribution in [-0.2, 0) is 4.74 Å². The van der Waals surface area contributed by atoms with Gasteiger partial charge in [-0.15, -0.1) is 0 Å². The van der Waals surface area contributed by atoms with Gasteiger partial charge in [0, 0.05) is 36.4 Å². The van der Waals surface area contributed by atoms with E-state index in [4.69, 9.17) is 19.3 Å². The van der Waals surface area contributed by atoms with Crippen LogP contribution in [0, 0.1) is 6.92 Å². The van der Waals surface area contributed by atoms with Crippen molar-refractivity contribution < 1.29 is 33.7 Å². The predicted molar refractivity (Wildman–Crippen MR) is 165 cm³/mol. The average Bonchev–Trinajstić information content (AvgIpc) is 3.01. The maximum atomic E-state index is 13.3. The van der Waals surface area contributed by atoms with Crippen molar-refractivity contribution in [1.29, 1.82) is 0 Å². The van der Waals surface area contributed by atoms with Crippen LogP contribution in [0.25, 0.3) is 10.9 Å². The molecule has 5 N–H and O–H groups in total. The Morgan fingerprint density at radius 2 is 1.70 bits per heavy atom. The molecule has 0 aliphatic rings. The summed E-state index contributed by atoms with van der Waals surface area (Å²) in [4.78, 5) is 53.1. The number of ether oxygens (including phenoxy) is 3. The lowest BCUT2D eigenvalue weighted by atomic mass is 10.0. The lowest BCUT2D eigenvalue weighted by molar-refractivity contribution is 0.0933. The van der Waals surface area contributed by atoms with Crippen molar-refractivity contribution in [2.75, 3.05) is 39.3 Å². The molecule has 1 atom stereocenters. The number of aromatic nitrogens is 1. The average molecular weight is 603 g/mol. The van der Waals surface area contributed by atoms with Gasteiger partial charge in [0.25, 0.3) is 17.4 Å². The highest BCUT2D eigenvalue weighted by molar-refractivity contribution is 6.07. The van der Waals surface area contributed by atoms with E-state index < -0.39 is 29.5 Å². The molecular formula is C32H34N4O8. The van der Waals surface area contributed by atoms with Crippen molar-refractivity contribution in [2.45, 2.75) is 19.4 Å². The first-order chi connectivity index (χ1) is 21.2. The number of carbonyl (C=O) groups excluding carboxylic acids is 2. The van der Waals surface area contributed by atoms with Gasteiger partial charge in [-0.1, -0.05) is 36.4 Å². The maximum Gasteiger partial charge on any atom is 0.404 e. The van der Waals surface area contributed by atoms with Crippen LogP contribution in [0.4, 0.5) is 10.5 Å². The smallest absolute Gasteiger partial charge is 0.404 e. The second-order valence-electron chi connectivity index (χ2n) is 9.88. The fourth-order valence-electron chi connectivity index (χ4n) is 4.55. The molecule has 4 aromatic rings. The quantitative estimate of drug-likeness (QED) is 0.142. The van der Waals surface area contributed by atoms with E-state index in [-0.39, 0.29) is 24.3 Å². The van der Waals surface area contributed by atoms with Crippen molar-refractivity contribution in [3.8, 4) is 11.5 Å². The topological polar surface area (TPSA) is 168 Å². The van der Waals surface area contributed by atoms with Crippen LogP contribution in [-0.4, -0.2) is 62.0 Å². The number of methoxy groups -OCH3 is 2. The van der Waals surface area contributed by atoms with Gasteiger partial charge in [-0.25, -0.2) is 4.79 Å². The summed E-state index contributed by atoms with van der Waals surface area (Å²) in [5.41, 5.74) is 1.85. The van der Waals surface area contributed by atoms with Crippen LogP contribution >= 0.6 is 0 Å². The van der Waals surface area contributed by atoms with E-state index in [1.165, 1.54) is 19.2 Å². The highest BCUT2D eigenvalue weighted by Crippen LogP contribution is 2.31. The predicted octanol–water partition coefficient (Wildman–Crippen LogP) is 4.25. The summed E-state index contributed by atoms with van der Waals surface area (Å²) in [5.74, 6) is -0.228. The molecule has 0 aliphatic heterocycles. The van der Waals surface area contributed by atoms with Crippen LogP contribution in [0.3, 0.4) is 0 Å². The third-order valence-electron chi connectivity index (χ3n) is 6.88. The van der Waals surface area contributed by atoms with Crippen LogP contribution in [0.15, 0.2) is 71.5 Å². The molecule has 0 radical (unpaired) electrons. The Hall–Kier alpha value is -5.36. The first-order valence-corrected chi connectivity index (χ1v) is 13.8. The maximum absolute atomic E-state index is 13.3. The van der Waals surface area contributed by atoms with E-state index in [0.29, 0.717) is 46.7 Å². The molecule has 12 nitrogen and oxygen atoms in total. The Labute approximate surface area is 253 Å². The fraction of sp³-hybridized carbons (Fsp3) is 0.250. The zero-order valence-corrected chi connectivity index (χ0v) is 24.6. The molecule has 3 amide bonds. The molecule has 0 spiro atoms. The molecule has 0 fully saturated rings. The summed E-state index contributed by atoms with van der Waals surface area (Å²) in [6.45, 7) is 2.55. The number of fused-ring (bicyclic) bond motifs is 1. The Morgan fingerprint density at radius 1 is 0.932 bits per heavy atom. The monoisotopic (exact) mass is 602 g/mol. The van der Waals surface area contributed by atoms with Gasteiger partial charge in [0.1, 0.15) is 12.2 Å². The van der Waals surface area contributed by atoms with Crippen LogP contribution in [0.1, 0.15) is 44.3 Å². The molecule has 0 aliphatic carbocycles. The number of aromatic amines is 1. The van der Waals surface area contributed by atoms with Gasteiger partial charge in [0.05, 0.1) is 25.3 Å². The number of aryl methyl sites for hydroxylation is 1. The number of carboxylic acid groups (broad SMARTS) is 1. The second-order valence-corrected chi connectivity index (χ2v) is 9.88. The molecule has 1 unspecified atom stereocenters. The van der Waals surface area contributed by atoms with E-state index >= 15 is 0 Å². The lowest BCUT2D eigenvalue weighted by Crippen LogP contribution is -2.32. The van der Waals surface area contributed by atoms with Crippen LogP contribution < -0.4 is 31.0 Å². The molecule has 1 aromatic heterocycles. The van der Waals surface area contributed by atoms with Crippen molar-refractivity contribution in [3.63, 3.8) is 0 Å². The second kappa shape index (κ2) is 14.7. The van der Waals surface area contributed by atoms with E-state index in [9.17, 15) is 19.2 Å². The van der Waals surface area contributed by atoms with E-state index in [1.807, 2.05) is 30.3 Å². The highest BCUT2D eigenvalue weighted by Gasteiger charge is 2.19. The molecule has 0 saturated carbocycles. The summed E-state index contributed by atoms with van der Waals surface area (Å²) in [6.07, 6.45) is -0.823. The minimum atomic E-state index is -1.15. The van der Waals surface area contributed by atoms with Gasteiger partial charge in [0.2, 0.25) is 0 Å². The SMILES string of the molecule is COCCOc1cc2cc(C(=O)Nc3cc(C(=O)NC(CCNC(=O)O)c4ccccc4)ccc3C)c(=O)[nH]c2cc1OC. The van der Waals surface area contributed by atoms with E-state index in [0.717, 1.165) is 5.56 Å². The number of rotatable bonds is 13. The molecule has 230 valence electrons. The van der Waals surface area contributed by atoms with Crippen LogP contribution in [0.2, 0.25) is 0 Å². The first kappa shape index (κ1) is 31.6. The number of nitrogens with one attached hydrogen (secondary N) is 4. The summed E-state index contributed by atoms with van der Waals surface area (Å²) in [6, 6.07) is 18.3. The Balaban J connectivity index is 1.55. The Bertz CT molecular complexity index is 1700. The van der Waals surface area contributed by atoms with E-state index in [2.05, 4.69) is 20.9 Å². The van der Waals surface area contributed by atoms with Gasteiger partial charge in [-0.2, -0.15) is 0 Å². The molecular weight excluding hydrogens is 568 g/mol. The molecule has 3 aromatic carbocycles. The van der Waals surface area contributed by atoms with Gasteiger partial charge >= 0.3 is 6.09 Å². The Kier molecular flexibility index (Phi) is 10.5. The van der Waals surface area contributed by atoms with Crippen LogP contribution in [0.5, 0.6) is 11.5 Å². The summed E-state index contributed by atoms with van der Waals surface area (Å²) >= 11 is 0. The molecule has 44 heavy (non-hydrogen) atoms. The van der Waals surface area contributed by atoms with Gasteiger partial charge in [-0.05, 0) is 48.7 Å². The third kappa shape index (κ3) is 7.92. The number of H-pyrrole nitrogens is 1. The number of benzene rings is 3. The molecule has 1 heterocycles.